The topological polar surface area (TPSA) is 110 Å². The van der Waals surface area contributed by atoms with Gasteiger partial charge in [0.05, 0.1) is 33.0 Å². The Morgan fingerprint density at radius 3 is 2.20 bits per heavy atom. The van der Waals surface area contributed by atoms with Crippen molar-refractivity contribution in [2.45, 2.75) is 81.3 Å². The van der Waals surface area contributed by atoms with Gasteiger partial charge < -0.3 is 28.0 Å². The Hall–Kier alpha value is -3.48. The van der Waals surface area contributed by atoms with Crippen LogP contribution in [0.15, 0.2) is 107 Å². The second-order valence-corrected chi connectivity index (χ2v) is 21.1. The van der Waals surface area contributed by atoms with Gasteiger partial charge in [-0.2, -0.15) is 0 Å². The van der Waals surface area contributed by atoms with Crippen LogP contribution in [0.5, 0.6) is 11.5 Å². The number of fused-ring (bicyclic) bond motifs is 1. The Balaban J connectivity index is 1.27. The highest BCUT2D eigenvalue weighted by atomic mass is 32.9. The van der Waals surface area contributed by atoms with Crippen LogP contribution >= 0.6 is 17.1 Å². The zero-order valence-electron chi connectivity index (χ0n) is 31.2. The fourth-order valence-electron chi connectivity index (χ4n) is 7.81. The van der Waals surface area contributed by atoms with E-state index in [0.29, 0.717) is 29.4 Å². The molecule has 54 heavy (non-hydrogen) atoms. The molecule has 3 fully saturated rings. The van der Waals surface area contributed by atoms with Crippen LogP contribution in [0, 0.1) is 12.8 Å². The number of aryl methyl sites for hydroxylation is 1. The molecule has 0 spiro atoms. The van der Waals surface area contributed by atoms with Crippen molar-refractivity contribution in [2.75, 3.05) is 20.8 Å². The second-order valence-electron chi connectivity index (χ2n) is 14.6. The van der Waals surface area contributed by atoms with E-state index in [4.69, 9.17) is 39.8 Å². The third kappa shape index (κ3) is 7.54. The summed E-state index contributed by atoms with van der Waals surface area (Å²) in [5.41, 5.74) is -0.818. The molecule has 0 radical (unpaired) electrons. The Morgan fingerprint density at radius 2 is 1.61 bits per heavy atom. The highest BCUT2D eigenvalue weighted by Crippen LogP contribution is 2.76. The maximum atomic E-state index is 13.2. The number of hydrogen-bond donors (Lipinski definition) is 1. The molecular weight excluding hydrogens is 744 g/mol. The highest BCUT2D eigenvalue weighted by Gasteiger charge is 2.55. The molecule has 0 bridgehead atoms. The summed E-state index contributed by atoms with van der Waals surface area (Å²) in [7, 11) is 3.27. The van der Waals surface area contributed by atoms with E-state index in [0.717, 1.165) is 41.5 Å². The first kappa shape index (κ1) is 38.8. The first-order valence-electron chi connectivity index (χ1n) is 18.2. The molecule has 3 aromatic carbocycles. The van der Waals surface area contributed by atoms with Crippen LogP contribution in [-0.2, 0) is 35.9 Å². The lowest BCUT2D eigenvalue weighted by Crippen LogP contribution is -2.39. The summed E-state index contributed by atoms with van der Waals surface area (Å²) in [5.74, 6) is 1.80. The second kappa shape index (κ2) is 15.6. The van der Waals surface area contributed by atoms with Crippen molar-refractivity contribution >= 4 is 28.9 Å². The van der Waals surface area contributed by atoms with Crippen LogP contribution in [0.4, 0.5) is 0 Å². The van der Waals surface area contributed by atoms with E-state index in [2.05, 4.69) is 25.4 Å². The van der Waals surface area contributed by atoms with Crippen molar-refractivity contribution in [3.8, 4) is 11.5 Å². The molecule has 10 nitrogen and oxygen atoms in total. The number of H-pyrrole nitrogens is 1. The van der Waals surface area contributed by atoms with Crippen LogP contribution in [0.1, 0.15) is 68.0 Å². The van der Waals surface area contributed by atoms with Gasteiger partial charge in [0.25, 0.3) is 5.56 Å². The van der Waals surface area contributed by atoms with E-state index in [1.807, 2.05) is 78.9 Å². The van der Waals surface area contributed by atoms with Gasteiger partial charge in [0, 0.05) is 22.9 Å². The molecule has 7 rings (SSSR count). The SMILES string of the molecule is C=C(C)[C@@H]1CC[C@]2(C)SP(=S)(O[C@H]3C[C@H](n4cc(C)c(=O)[nH]c4=O)O[C@@H]3COC(c3ccccc3)(c3ccc(OC)cc3)c3ccc(OC)cc3)O[C@H]2C1. The molecule has 7 atom stereocenters. The third-order valence-electron chi connectivity index (χ3n) is 11.0. The Morgan fingerprint density at radius 1 is 1.00 bits per heavy atom. The Labute approximate surface area is 325 Å². The molecule has 3 aliphatic rings. The van der Waals surface area contributed by atoms with Gasteiger partial charge in [-0.1, -0.05) is 78.1 Å². The van der Waals surface area contributed by atoms with E-state index in [1.54, 1.807) is 32.5 Å². The van der Waals surface area contributed by atoms with E-state index < -0.39 is 41.0 Å². The van der Waals surface area contributed by atoms with Gasteiger partial charge in [0.2, 0.25) is 5.69 Å². The highest BCUT2D eigenvalue weighted by molar-refractivity contribution is 8.68. The Kier molecular flexibility index (Phi) is 11.2. The van der Waals surface area contributed by atoms with Crippen molar-refractivity contribution in [3.05, 3.63) is 140 Å². The van der Waals surface area contributed by atoms with Gasteiger partial charge in [-0.05, 0) is 98.7 Å². The predicted octanol–water partition coefficient (Wildman–Crippen LogP) is 8.04. The van der Waals surface area contributed by atoms with E-state index in [1.165, 1.54) is 10.8 Å². The summed E-state index contributed by atoms with van der Waals surface area (Å²) in [6.45, 7) is 10.2. The van der Waals surface area contributed by atoms with Gasteiger partial charge in [-0.3, -0.25) is 14.3 Å². The largest absolute Gasteiger partial charge is 0.497 e. The standard InChI is InChI=1S/C41H47N2O8PS2/c1-26(2)28-20-21-40(4)36(22-28)51-52(53,54-40)50-34-23-37(43-24-27(3)38(44)42-39(43)45)49-35(34)25-48-41(29-10-8-7-9-11-29,30-12-16-32(46-5)17-13-30)31-14-18-33(47-6)19-15-31/h7-19,24,28,34-37H,1,20-23,25H2,2-6H3,(H,42,44,45)/t28-,34+,35-,36+,37-,40+,52?/m1/s1. The molecule has 3 heterocycles. The van der Waals surface area contributed by atoms with Crippen LogP contribution in [-0.4, -0.2) is 53.4 Å². The lowest BCUT2D eigenvalue weighted by atomic mass is 9.77. The summed E-state index contributed by atoms with van der Waals surface area (Å²) in [5, 5.41) is 0. The minimum absolute atomic E-state index is 0.0584. The predicted molar refractivity (Wildman–Crippen MR) is 215 cm³/mol. The van der Waals surface area contributed by atoms with Gasteiger partial charge >= 0.3 is 5.69 Å². The maximum absolute atomic E-state index is 13.2. The van der Waals surface area contributed by atoms with Crippen LogP contribution in [0.25, 0.3) is 0 Å². The quantitative estimate of drug-likeness (QED) is 0.0861. The maximum Gasteiger partial charge on any atom is 0.330 e. The molecule has 13 heteroatoms. The normalized spacial score (nSPS) is 28.1. The summed E-state index contributed by atoms with van der Waals surface area (Å²) in [4.78, 5) is 27.9. The average molecular weight is 791 g/mol. The molecule has 1 aliphatic carbocycles. The van der Waals surface area contributed by atoms with Crippen LogP contribution < -0.4 is 20.7 Å². The molecule has 0 amide bonds. The molecule has 2 aliphatic heterocycles. The summed E-state index contributed by atoms with van der Waals surface area (Å²) >= 11 is 7.92. The summed E-state index contributed by atoms with van der Waals surface area (Å²) in [6, 6.07) is 25.7. The average Bonchev–Trinajstić information content (AvgIpc) is 3.69. The van der Waals surface area contributed by atoms with E-state index in [9.17, 15) is 9.59 Å². The zero-order valence-corrected chi connectivity index (χ0v) is 33.7. The van der Waals surface area contributed by atoms with Crippen LogP contribution in [0.3, 0.4) is 0 Å². The zero-order chi connectivity index (χ0) is 38.3. The third-order valence-corrected chi connectivity index (χ3v) is 16.8. The number of benzene rings is 3. The molecule has 4 aromatic rings. The number of nitrogens with one attached hydrogen (secondary N) is 1. The van der Waals surface area contributed by atoms with Gasteiger partial charge in [0.1, 0.15) is 29.4 Å². The number of rotatable bonds is 12. The first-order valence-corrected chi connectivity index (χ1v) is 22.2. The number of allylic oxidation sites excluding steroid dienone is 1. The summed E-state index contributed by atoms with van der Waals surface area (Å²) < 4.78 is 39.9. The fraction of sp³-hybridized carbons (Fsp3) is 0.415. The smallest absolute Gasteiger partial charge is 0.330 e. The first-order chi connectivity index (χ1) is 25.9. The van der Waals surface area contributed by atoms with Gasteiger partial charge in [0.15, 0.2) is 0 Å². The number of nitrogens with zero attached hydrogens (tertiary/aromatic N) is 1. The van der Waals surface area contributed by atoms with Gasteiger partial charge in [-0.15, -0.1) is 0 Å². The minimum atomic E-state index is -2.88. The lowest BCUT2D eigenvalue weighted by Gasteiger charge is -2.37. The number of ether oxygens (including phenoxy) is 4. The Bertz CT molecular complexity index is 2090. The molecule has 1 N–H and O–H groups in total. The fourth-order valence-corrected chi connectivity index (χ4v) is 15.4. The lowest BCUT2D eigenvalue weighted by molar-refractivity contribution is -0.0917. The molecule has 2 saturated heterocycles. The summed E-state index contributed by atoms with van der Waals surface area (Å²) in [6.07, 6.45) is 2.59. The number of aromatic nitrogens is 2. The van der Waals surface area contributed by atoms with E-state index >= 15 is 0 Å². The van der Waals surface area contributed by atoms with E-state index in [-0.39, 0.29) is 17.5 Å². The van der Waals surface area contributed by atoms with Crippen molar-refractivity contribution in [3.63, 3.8) is 0 Å². The number of hydrogen-bond acceptors (Lipinski definition) is 10. The number of methoxy groups -OCH3 is 2. The monoisotopic (exact) mass is 790 g/mol. The molecule has 1 aromatic heterocycles. The van der Waals surface area contributed by atoms with Crippen molar-refractivity contribution in [1.29, 1.82) is 0 Å². The molecular formula is C41H47N2O8PS2. The number of aromatic amines is 1. The molecule has 1 saturated carbocycles. The van der Waals surface area contributed by atoms with Crippen molar-refractivity contribution < 1.29 is 28.0 Å². The molecule has 1 unspecified atom stereocenters. The molecule has 286 valence electrons. The van der Waals surface area contributed by atoms with Gasteiger partial charge in [-0.25, -0.2) is 4.79 Å². The van der Waals surface area contributed by atoms with Crippen LogP contribution in [0.2, 0.25) is 0 Å². The van der Waals surface area contributed by atoms with Crippen molar-refractivity contribution in [2.24, 2.45) is 5.92 Å². The van der Waals surface area contributed by atoms with Crippen molar-refractivity contribution in [1.82, 2.24) is 9.55 Å². The minimum Gasteiger partial charge on any atom is -0.497 e.